The third-order valence-corrected chi connectivity index (χ3v) is 10.8. The second-order valence-corrected chi connectivity index (χ2v) is 15.2. The lowest BCUT2D eigenvalue weighted by atomic mass is 9.97. The van der Waals surface area contributed by atoms with Crippen LogP contribution in [-0.4, -0.2) is 173 Å². The van der Waals surface area contributed by atoms with E-state index in [1.54, 1.807) is 0 Å². The van der Waals surface area contributed by atoms with E-state index in [0.717, 1.165) is 18.2 Å². The number of ether oxygens (including phenoxy) is 7. The lowest BCUT2D eigenvalue weighted by Crippen LogP contribution is -2.64. The standard InChI is InChI=1S/C42H46O22/c1-16-28(48)34(54)39(42(58-16)63-38-31(51)27-22(46)12-20(45)13-23(27)60-37(38)18-5-7-19(44)8-6-18)64-41-36(56)33(53)30(50)25(62-41)15-57-26(47)11-4-17-2-9-21(10-3-17)59-40-35(55)32(52)29(49)24(14-43)61-40/h2-13,16,24-25,28-30,32-36,39-46,48-50,52-56H,14-15H2,1H3/b11-4+. The van der Waals surface area contributed by atoms with E-state index < -0.39 is 139 Å². The summed E-state index contributed by atoms with van der Waals surface area (Å²) in [6.07, 6.45) is -22.8. The van der Waals surface area contributed by atoms with Gasteiger partial charge in [0.15, 0.2) is 18.2 Å². The van der Waals surface area contributed by atoms with Crippen LogP contribution in [0.15, 0.2) is 76.0 Å². The summed E-state index contributed by atoms with van der Waals surface area (Å²) in [6, 6.07) is 13.1. The average Bonchev–Trinajstić information content (AvgIpc) is 3.27. The molecule has 3 aliphatic heterocycles. The van der Waals surface area contributed by atoms with Gasteiger partial charge in [-0.3, -0.25) is 4.79 Å². The van der Waals surface area contributed by atoms with Crippen molar-refractivity contribution in [3.8, 4) is 40.1 Å². The molecule has 3 fully saturated rings. The van der Waals surface area contributed by atoms with Gasteiger partial charge in [0.1, 0.15) is 102 Å². The number of esters is 1. The largest absolute Gasteiger partial charge is 0.508 e. The lowest BCUT2D eigenvalue weighted by molar-refractivity contribution is -0.355. The van der Waals surface area contributed by atoms with Crippen LogP contribution in [0.2, 0.25) is 0 Å². The molecule has 22 nitrogen and oxygen atoms in total. The van der Waals surface area contributed by atoms with Gasteiger partial charge in [0.25, 0.3) is 0 Å². The van der Waals surface area contributed by atoms with E-state index in [0.29, 0.717) is 5.56 Å². The minimum absolute atomic E-state index is 0.142. The average molecular weight is 903 g/mol. The van der Waals surface area contributed by atoms with Crippen molar-refractivity contribution >= 4 is 23.0 Å². The summed E-state index contributed by atoms with van der Waals surface area (Å²) in [4.78, 5) is 26.7. The van der Waals surface area contributed by atoms with Crippen molar-refractivity contribution in [1.82, 2.24) is 0 Å². The van der Waals surface area contributed by atoms with Crippen molar-refractivity contribution in [3.05, 3.63) is 82.5 Å². The van der Waals surface area contributed by atoms with Crippen LogP contribution in [0.4, 0.5) is 0 Å². The fourth-order valence-electron chi connectivity index (χ4n) is 7.19. The second kappa shape index (κ2) is 19.3. The van der Waals surface area contributed by atoms with E-state index in [9.17, 15) is 70.9 Å². The maximum Gasteiger partial charge on any atom is 0.330 e. The maximum atomic E-state index is 14.0. The molecular weight excluding hydrogens is 856 g/mol. The third kappa shape index (κ3) is 9.64. The second-order valence-electron chi connectivity index (χ2n) is 15.2. The Morgan fingerprint density at radius 2 is 1.33 bits per heavy atom. The van der Waals surface area contributed by atoms with Crippen molar-refractivity contribution in [3.63, 3.8) is 0 Å². The predicted molar refractivity (Wildman–Crippen MR) is 212 cm³/mol. The molecule has 7 rings (SSSR count). The number of fused-ring (bicyclic) bond motifs is 1. The van der Waals surface area contributed by atoms with E-state index in [-0.39, 0.29) is 28.4 Å². The summed E-state index contributed by atoms with van der Waals surface area (Å²) in [5, 5.41) is 124. The number of phenols is 3. The first-order valence-electron chi connectivity index (χ1n) is 19.7. The molecule has 0 radical (unpaired) electrons. The van der Waals surface area contributed by atoms with Crippen molar-refractivity contribution < 1.29 is 104 Å². The fourth-order valence-corrected chi connectivity index (χ4v) is 7.19. The Labute approximate surface area is 361 Å². The molecule has 0 saturated carbocycles. The molecule has 12 N–H and O–H groups in total. The van der Waals surface area contributed by atoms with Gasteiger partial charge in [0.05, 0.1) is 12.7 Å². The Morgan fingerprint density at radius 1 is 0.688 bits per heavy atom. The van der Waals surface area contributed by atoms with Crippen molar-refractivity contribution in [1.29, 1.82) is 0 Å². The number of aromatic hydroxyl groups is 3. The molecule has 3 saturated heterocycles. The molecule has 346 valence electrons. The Bertz CT molecular complexity index is 2330. The molecule has 1 aromatic heterocycles. The molecule has 64 heavy (non-hydrogen) atoms. The molecule has 0 bridgehead atoms. The van der Waals surface area contributed by atoms with E-state index >= 15 is 0 Å². The number of carbonyl (C=O) groups is 1. The first-order valence-corrected chi connectivity index (χ1v) is 19.7. The van der Waals surface area contributed by atoms with Crippen LogP contribution in [-0.2, 0) is 28.5 Å². The molecule has 0 spiro atoms. The van der Waals surface area contributed by atoms with Gasteiger partial charge in [-0.25, -0.2) is 4.79 Å². The molecule has 0 amide bonds. The monoisotopic (exact) mass is 902 g/mol. The highest BCUT2D eigenvalue weighted by atomic mass is 16.8. The SMILES string of the molecule is CC1OC(Oc2c(-c3ccc(O)cc3)oc3cc(O)cc(O)c3c2=O)C(OC2OC(COC(=O)/C=C/c3ccc(OC4OC(CO)C(O)C(O)C4O)cc3)C(O)C(O)C2O)C(O)C1O. The molecule has 15 atom stereocenters. The molecule has 4 heterocycles. The van der Waals surface area contributed by atoms with Gasteiger partial charge in [-0.2, -0.15) is 0 Å². The number of rotatable bonds is 12. The number of aliphatic hydroxyl groups is 9. The normalized spacial score (nSPS) is 33.2. The Morgan fingerprint density at radius 3 is 2.00 bits per heavy atom. The van der Waals surface area contributed by atoms with Crippen LogP contribution >= 0.6 is 0 Å². The maximum absolute atomic E-state index is 14.0. The zero-order valence-corrected chi connectivity index (χ0v) is 33.5. The Kier molecular flexibility index (Phi) is 14.1. The number of benzene rings is 3. The third-order valence-electron chi connectivity index (χ3n) is 10.8. The van der Waals surface area contributed by atoms with Crippen LogP contribution in [0.1, 0.15) is 12.5 Å². The van der Waals surface area contributed by atoms with Crippen molar-refractivity contribution in [2.45, 2.75) is 99.0 Å². The van der Waals surface area contributed by atoms with Gasteiger partial charge < -0.3 is 98.9 Å². The first-order chi connectivity index (χ1) is 30.4. The van der Waals surface area contributed by atoms with Crippen molar-refractivity contribution in [2.24, 2.45) is 0 Å². The zero-order chi connectivity index (χ0) is 46.1. The highest BCUT2D eigenvalue weighted by Crippen LogP contribution is 2.38. The molecular formula is C42H46O22. The number of phenolic OH excluding ortho intramolecular Hbond substituents is 3. The van der Waals surface area contributed by atoms with Crippen LogP contribution in [0.3, 0.4) is 0 Å². The summed E-state index contributed by atoms with van der Waals surface area (Å²) in [6.45, 7) is 0.00854. The number of hydrogen-bond donors (Lipinski definition) is 12. The van der Waals surface area contributed by atoms with Gasteiger partial charge in [0, 0.05) is 23.8 Å². The van der Waals surface area contributed by atoms with E-state index in [2.05, 4.69) is 0 Å². The fraction of sp³-hybridized carbons (Fsp3) is 0.429. The Hall–Kier alpha value is -5.44. The molecule has 0 aliphatic carbocycles. The summed E-state index contributed by atoms with van der Waals surface area (Å²) in [5.41, 5.74) is -0.638. The zero-order valence-electron chi connectivity index (χ0n) is 33.5. The lowest BCUT2D eigenvalue weighted by Gasteiger charge is -2.45. The molecule has 15 unspecified atom stereocenters. The van der Waals surface area contributed by atoms with Crippen LogP contribution in [0.25, 0.3) is 28.4 Å². The summed E-state index contributed by atoms with van der Waals surface area (Å²) < 4.78 is 45.4. The van der Waals surface area contributed by atoms with Crippen LogP contribution in [0.5, 0.6) is 28.7 Å². The molecule has 3 aliphatic rings. The predicted octanol–water partition coefficient (Wildman–Crippen LogP) is -1.95. The molecule has 4 aromatic rings. The highest BCUT2D eigenvalue weighted by molar-refractivity contribution is 5.88. The van der Waals surface area contributed by atoms with Crippen molar-refractivity contribution in [2.75, 3.05) is 13.2 Å². The van der Waals surface area contributed by atoms with Gasteiger partial charge in [-0.05, 0) is 55.0 Å². The van der Waals surface area contributed by atoms with Gasteiger partial charge in [0.2, 0.25) is 23.8 Å². The molecule has 3 aromatic carbocycles. The molecule has 22 heteroatoms. The minimum Gasteiger partial charge on any atom is -0.508 e. The summed E-state index contributed by atoms with van der Waals surface area (Å²) in [5.74, 6) is -2.96. The summed E-state index contributed by atoms with van der Waals surface area (Å²) >= 11 is 0. The van der Waals surface area contributed by atoms with Gasteiger partial charge >= 0.3 is 5.97 Å². The smallest absolute Gasteiger partial charge is 0.330 e. The Balaban J connectivity index is 1.04. The van der Waals surface area contributed by atoms with Gasteiger partial charge in [-0.1, -0.05) is 12.1 Å². The minimum atomic E-state index is -2.03. The quantitative estimate of drug-likeness (QED) is 0.0543. The van der Waals surface area contributed by atoms with Gasteiger partial charge in [-0.15, -0.1) is 0 Å². The summed E-state index contributed by atoms with van der Waals surface area (Å²) in [7, 11) is 0. The van der Waals surface area contributed by atoms with E-state index in [4.69, 9.17) is 37.6 Å². The highest BCUT2D eigenvalue weighted by Gasteiger charge is 2.51. The van der Waals surface area contributed by atoms with Crippen LogP contribution in [0, 0.1) is 0 Å². The number of carbonyl (C=O) groups excluding carboxylic acids is 1. The number of aliphatic hydroxyl groups excluding tert-OH is 9. The van der Waals surface area contributed by atoms with E-state index in [1.807, 2.05) is 0 Å². The first kappa shape index (κ1) is 46.5. The number of hydrogen-bond acceptors (Lipinski definition) is 22. The van der Waals surface area contributed by atoms with Crippen LogP contribution < -0.4 is 14.9 Å². The van der Waals surface area contributed by atoms with E-state index in [1.165, 1.54) is 61.5 Å². The topological polar surface area (TPSA) is 355 Å².